The second-order valence-corrected chi connectivity index (χ2v) is 8.66. The molecule has 5 nitrogen and oxygen atoms in total. The third kappa shape index (κ3) is 4.53. The van der Waals surface area contributed by atoms with Crippen LogP contribution in [0.3, 0.4) is 0 Å². The summed E-state index contributed by atoms with van der Waals surface area (Å²) in [7, 11) is 0. The van der Waals surface area contributed by atoms with Crippen molar-refractivity contribution in [2.24, 2.45) is 0 Å². The van der Waals surface area contributed by atoms with Gasteiger partial charge >= 0.3 is 6.18 Å². The van der Waals surface area contributed by atoms with Crippen LogP contribution in [0.15, 0.2) is 53.0 Å². The number of rotatable bonds is 3. The van der Waals surface area contributed by atoms with Crippen molar-refractivity contribution in [3.05, 3.63) is 74.3 Å². The van der Waals surface area contributed by atoms with Crippen LogP contribution in [-0.2, 0) is 0 Å². The van der Waals surface area contributed by atoms with E-state index in [0.29, 0.717) is 5.56 Å². The summed E-state index contributed by atoms with van der Waals surface area (Å²) in [6.07, 6.45) is -4.80. The summed E-state index contributed by atoms with van der Waals surface area (Å²) in [5, 5.41) is 9.88. The molecular formula is C20H14BrCl2F3N4O. The fourth-order valence-electron chi connectivity index (χ4n) is 3.38. The first-order chi connectivity index (χ1) is 14.6. The maximum Gasteiger partial charge on any atom is 0.410 e. The fourth-order valence-corrected chi connectivity index (χ4v) is 4.00. The number of carbonyl (C=O) groups excluding carboxylic acids is 1. The standard InChI is InChI=1S/C20H14BrCl2F3N4O/c21-11-6-4-10(5-7-11)14-8-16(20(24,25)26)30-17(27-14)9-15(29-30)19(31)28-13-3-1-2-12(22)18(13)23/h1-7,9,14,16,27H,8H2,(H,28,31)/t14-,16-/m1/s1. The molecule has 1 aliphatic heterocycles. The van der Waals surface area contributed by atoms with E-state index in [1.54, 1.807) is 36.4 Å². The molecule has 1 amide bonds. The summed E-state index contributed by atoms with van der Waals surface area (Å²) in [6, 6.07) is 10.5. The Morgan fingerprint density at radius 3 is 2.58 bits per heavy atom. The second-order valence-electron chi connectivity index (χ2n) is 6.96. The van der Waals surface area contributed by atoms with Crippen LogP contribution in [0.25, 0.3) is 0 Å². The number of hydrogen-bond donors (Lipinski definition) is 2. The number of benzene rings is 2. The maximum atomic E-state index is 13.8. The van der Waals surface area contributed by atoms with Crippen LogP contribution < -0.4 is 10.6 Å². The Morgan fingerprint density at radius 2 is 1.90 bits per heavy atom. The van der Waals surface area contributed by atoms with Crippen molar-refractivity contribution in [1.82, 2.24) is 9.78 Å². The van der Waals surface area contributed by atoms with Crippen LogP contribution in [0.1, 0.15) is 34.6 Å². The molecule has 0 aliphatic carbocycles. The van der Waals surface area contributed by atoms with Crippen molar-refractivity contribution in [1.29, 1.82) is 0 Å². The van der Waals surface area contributed by atoms with E-state index >= 15 is 0 Å². The predicted molar refractivity (Wildman–Crippen MR) is 117 cm³/mol. The lowest BCUT2D eigenvalue weighted by Gasteiger charge is -2.33. The van der Waals surface area contributed by atoms with Crippen molar-refractivity contribution < 1.29 is 18.0 Å². The average Bonchev–Trinajstić information content (AvgIpc) is 3.14. The number of fused-ring (bicyclic) bond motifs is 1. The van der Waals surface area contributed by atoms with E-state index in [0.717, 1.165) is 9.15 Å². The van der Waals surface area contributed by atoms with Gasteiger partial charge in [0, 0.05) is 17.0 Å². The molecule has 1 aliphatic rings. The molecule has 3 aromatic rings. The average molecular weight is 534 g/mol. The Morgan fingerprint density at radius 1 is 1.19 bits per heavy atom. The summed E-state index contributed by atoms with van der Waals surface area (Å²) in [6.45, 7) is 0. The second kappa shape index (κ2) is 8.37. The number of hydrogen-bond acceptors (Lipinski definition) is 3. The zero-order valence-corrected chi connectivity index (χ0v) is 18.6. The Labute approximate surface area is 193 Å². The summed E-state index contributed by atoms with van der Waals surface area (Å²) < 4.78 is 43.0. The SMILES string of the molecule is O=C(Nc1cccc(Cl)c1Cl)c1cc2n(n1)[C@@H](C(F)(F)F)C[C@H](c1ccc(Br)cc1)N2. The third-order valence-corrected chi connectivity index (χ3v) is 6.24. The van der Waals surface area contributed by atoms with Crippen molar-refractivity contribution in [3.63, 3.8) is 0 Å². The highest BCUT2D eigenvalue weighted by molar-refractivity contribution is 9.10. The van der Waals surface area contributed by atoms with Crippen molar-refractivity contribution in [2.45, 2.75) is 24.7 Å². The first-order valence-electron chi connectivity index (χ1n) is 9.07. The maximum absolute atomic E-state index is 13.8. The van der Waals surface area contributed by atoms with E-state index in [1.165, 1.54) is 12.1 Å². The van der Waals surface area contributed by atoms with E-state index in [-0.39, 0.29) is 33.7 Å². The van der Waals surface area contributed by atoms with E-state index in [4.69, 9.17) is 23.2 Å². The Hall–Kier alpha value is -2.23. The number of anilines is 2. The zero-order chi connectivity index (χ0) is 22.3. The smallest absolute Gasteiger partial charge is 0.363 e. The van der Waals surface area contributed by atoms with Crippen molar-refractivity contribution >= 4 is 56.5 Å². The largest absolute Gasteiger partial charge is 0.410 e. The molecule has 11 heteroatoms. The van der Waals surface area contributed by atoms with E-state index < -0.39 is 24.2 Å². The van der Waals surface area contributed by atoms with Crippen LogP contribution in [0.2, 0.25) is 10.0 Å². The quantitative estimate of drug-likeness (QED) is 0.386. The van der Waals surface area contributed by atoms with E-state index in [2.05, 4.69) is 31.7 Å². The molecule has 2 heterocycles. The van der Waals surface area contributed by atoms with Gasteiger partial charge in [-0.3, -0.25) is 4.79 Å². The number of carbonyl (C=O) groups is 1. The molecule has 4 rings (SSSR count). The summed E-state index contributed by atoms with van der Waals surface area (Å²) >= 11 is 15.3. The highest BCUT2D eigenvalue weighted by atomic mass is 79.9. The topological polar surface area (TPSA) is 59.0 Å². The van der Waals surface area contributed by atoms with Gasteiger partial charge in [-0.15, -0.1) is 0 Å². The zero-order valence-electron chi connectivity index (χ0n) is 15.6. The van der Waals surface area contributed by atoms with Gasteiger partial charge in [0.1, 0.15) is 5.82 Å². The first-order valence-corrected chi connectivity index (χ1v) is 10.6. The minimum absolute atomic E-state index is 0.101. The number of aromatic nitrogens is 2. The fraction of sp³-hybridized carbons (Fsp3) is 0.200. The van der Waals surface area contributed by atoms with Crippen molar-refractivity contribution in [2.75, 3.05) is 10.6 Å². The van der Waals surface area contributed by atoms with Crippen LogP contribution in [-0.4, -0.2) is 21.9 Å². The minimum Gasteiger partial charge on any atom is -0.363 e. The molecule has 0 bridgehead atoms. The van der Waals surface area contributed by atoms with Crippen molar-refractivity contribution in [3.8, 4) is 0 Å². The molecular weight excluding hydrogens is 520 g/mol. The molecule has 31 heavy (non-hydrogen) atoms. The number of nitrogens with one attached hydrogen (secondary N) is 2. The monoisotopic (exact) mass is 532 g/mol. The molecule has 0 unspecified atom stereocenters. The van der Waals surface area contributed by atoms with Gasteiger partial charge in [-0.25, -0.2) is 4.68 Å². The van der Waals surface area contributed by atoms with E-state index in [1.807, 2.05) is 0 Å². The van der Waals surface area contributed by atoms with Gasteiger partial charge < -0.3 is 10.6 Å². The summed E-state index contributed by atoms with van der Waals surface area (Å²) in [5.41, 5.74) is 0.754. The summed E-state index contributed by atoms with van der Waals surface area (Å²) in [4.78, 5) is 12.6. The highest BCUT2D eigenvalue weighted by Gasteiger charge is 2.46. The van der Waals surface area contributed by atoms with Crippen LogP contribution in [0.5, 0.6) is 0 Å². The lowest BCUT2D eigenvalue weighted by Crippen LogP contribution is -2.35. The van der Waals surface area contributed by atoms with Gasteiger partial charge in [0.2, 0.25) is 0 Å². The van der Waals surface area contributed by atoms with E-state index in [9.17, 15) is 18.0 Å². The Balaban J connectivity index is 1.65. The molecule has 2 atom stereocenters. The van der Waals surface area contributed by atoms with Gasteiger partial charge in [0.25, 0.3) is 5.91 Å². The molecule has 0 saturated carbocycles. The molecule has 1 aromatic heterocycles. The minimum atomic E-state index is -4.54. The lowest BCUT2D eigenvalue weighted by molar-refractivity contribution is -0.173. The van der Waals surface area contributed by atoms with Crippen LogP contribution in [0.4, 0.5) is 24.7 Å². The number of amides is 1. The Kier molecular flexibility index (Phi) is 5.93. The van der Waals surface area contributed by atoms with Gasteiger partial charge in [-0.2, -0.15) is 18.3 Å². The molecule has 2 aromatic carbocycles. The predicted octanol–water partition coefficient (Wildman–Crippen LogP) is 6.87. The van der Waals surface area contributed by atoms with Gasteiger partial charge in [0.15, 0.2) is 11.7 Å². The Bertz CT molecular complexity index is 1130. The van der Waals surface area contributed by atoms with Crippen LogP contribution in [0, 0.1) is 0 Å². The molecule has 2 N–H and O–H groups in total. The molecule has 0 fully saturated rings. The molecule has 0 radical (unpaired) electrons. The molecule has 0 saturated heterocycles. The third-order valence-electron chi connectivity index (χ3n) is 4.89. The lowest BCUT2D eigenvalue weighted by atomic mass is 9.97. The first kappa shape index (κ1) is 22.0. The van der Waals surface area contributed by atoms with Crippen LogP contribution >= 0.6 is 39.1 Å². The van der Waals surface area contributed by atoms with Gasteiger partial charge in [-0.1, -0.05) is 57.3 Å². The molecule has 162 valence electrons. The summed E-state index contributed by atoms with van der Waals surface area (Å²) in [5.74, 6) is -0.599. The highest BCUT2D eigenvalue weighted by Crippen LogP contribution is 2.43. The normalized spacial score (nSPS) is 18.3. The number of nitrogens with zero attached hydrogens (tertiary/aromatic N) is 2. The van der Waals surface area contributed by atoms with Gasteiger partial charge in [0.05, 0.1) is 21.8 Å². The number of halogens is 6. The molecule has 0 spiro atoms. The number of alkyl halides is 3. The van der Waals surface area contributed by atoms with Gasteiger partial charge in [-0.05, 0) is 29.8 Å².